The van der Waals surface area contributed by atoms with Crippen molar-refractivity contribution in [3.8, 4) is 0 Å². The second-order valence-corrected chi connectivity index (χ2v) is 4.83. The summed E-state index contributed by atoms with van der Waals surface area (Å²) in [7, 11) is 0. The molecule has 88 valence electrons. The highest BCUT2D eigenvalue weighted by molar-refractivity contribution is 7.09. The quantitative estimate of drug-likeness (QED) is 0.685. The van der Waals surface area contributed by atoms with Crippen molar-refractivity contribution < 1.29 is 9.53 Å². The number of rotatable bonds is 3. The first-order valence-electron chi connectivity index (χ1n) is 4.91. The standard InChI is InChI=1S/C12H10ClNO2S/c13-11-4-3-8(14)6-10(11)12(15)16-7-9-2-1-5-17-9/h1-6H,7,14H2. The van der Waals surface area contributed by atoms with Crippen molar-refractivity contribution in [1.82, 2.24) is 0 Å². The zero-order chi connectivity index (χ0) is 12.3. The van der Waals surface area contributed by atoms with Crippen LogP contribution in [-0.2, 0) is 11.3 Å². The van der Waals surface area contributed by atoms with Crippen molar-refractivity contribution in [3.63, 3.8) is 0 Å². The van der Waals surface area contributed by atoms with Gasteiger partial charge in [0.05, 0.1) is 10.6 Å². The summed E-state index contributed by atoms with van der Waals surface area (Å²) in [6.07, 6.45) is 0. The molecule has 1 heterocycles. The molecule has 0 saturated heterocycles. The highest BCUT2D eigenvalue weighted by Gasteiger charge is 2.12. The summed E-state index contributed by atoms with van der Waals surface area (Å²) in [4.78, 5) is 12.7. The third kappa shape index (κ3) is 2.99. The minimum absolute atomic E-state index is 0.252. The van der Waals surface area contributed by atoms with Crippen molar-refractivity contribution in [1.29, 1.82) is 0 Å². The van der Waals surface area contributed by atoms with Crippen LogP contribution in [0, 0.1) is 0 Å². The Bertz CT molecular complexity index is 525. The average molecular weight is 268 g/mol. The zero-order valence-corrected chi connectivity index (χ0v) is 10.4. The number of hydrogen-bond donors (Lipinski definition) is 1. The molecule has 1 aromatic carbocycles. The van der Waals surface area contributed by atoms with Gasteiger partial charge in [0.25, 0.3) is 0 Å². The number of benzene rings is 1. The Labute approximate surface area is 108 Å². The lowest BCUT2D eigenvalue weighted by molar-refractivity contribution is 0.0477. The maximum Gasteiger partial charge on any atom is 0.340 e. The molecule has 0 saturated carbocycles. The Kier molecular flexibility index (Phi) is 3.66. The first-order valence-corrected chi connectivity index (χ1v) is 6.17. The average Bonchev–Trinajstić information content (AvgIpc) is 2.82. The topological polar surface area (TPSA) is 52.3 Å². The molecule has 0 fully saturated rings. The van der Waals surface area contributed by atoms with E-state index in [2.05, 4.69) is 0 Å². The Balaban J connectivity index is 2.07. The second kappa shape index (κ2) is 5.21. The molecule has 0 aliphatic rings. The molecule has 2 rings (SSSR count). The Morgan fingerprint density at radius 3 is 2.94 bits per heavy atom. The van der Waals surface area contributed by atoms with Crippen LogP contribution in [0.4, 0.5) is 5.69 Å². The van der Waals surface area contributed by atoms with Gasteiger partial charge in [0.15, 0.2) is 0 Å². The van der Waals surface area contributed by atoms with Gasteiger partial charge >= 0.3 is 5.97 Å². The van der Waals surface area contributed by atoms with Gasteiger partial charge in [-0.2, -0.15) is 0 Å². The summed E-state index contributed by atoms with van der Waals surface area (Å²) < 4.78 is 5.14. The Hall–Kier alpha value is -1.52. The number of anilines is 1. The van der Waals surface area contributed by atoms with E-state index in [1.807, 2.05) is 17.5 Å². The van der Waals surface area contributed by atoms with Crippen LogP contribution in [0.15, 0.2) is 35.7 Å². The van der Waals surface area contributed by atoms with Crippen LogP contribution in [-0.4, -0.2) is 5.97 Å². The lowest BCUT2D eigenvalue weighted by Crippen LogP contribution is -2.06. The van der Waals surface area contributed by atoms with Gasteiger partial charge in [0.1, 0.15) is 6.61 Å². The van der Waals surface area contributed by atoms with E-state index < -0.39 is 5.97 Å². The molecule has 0 amide bonds. The van der Waals surface area contributed by atoms with Gasteiger partial charge in [0.2, 0.25) is 0 Å². The van der Waals surface area contributed by atoms with Gasteiger partial charge in [-0.15, -0.1) is 11.3 Å². The van der Waals surface area contributed by atoms with E-state index in [0.29, 0.717) is 16.3 Å². The van der Waals surface area contributed by atoms with E-state index in [-0.39, 0.29) is 6.61 Å². The molecule has 1 aromatic heterocycles. The minimum atomic E-state index is -0.462. The van der Waals surface area contributed by atoms with Crippen LogP contribution in [0.1, 0.15) is 15.2 Å². The molecule has 17 heavy (non-hydrogen) atoms. The summed E-state index contributed by atoms with van der Waals surface area (Å²) >= 11 is 7.43. The summed E-state index contributed by atoms with van der Waals surface area (Å²) in [5, 5.41) is 2.27. The Morgan fingerprint density at radius 1 is 1.41 bits per heavy atom. The van der Waals surface area contributed by atoms with Gasteiger partial charge in [-0.05, 0) is 29.6 Å². The number of ether oxygens (including phenoxy) is 1. The van der Waals surface area contributed by atoms with E-state index in [9.17, 15) is 4.79 Å². The largest absolute Gasteiger partial charge is 0.456 e. The maximum atomic E-state index is 11.8. The lowest BCUT2D eigenvalue weighted by Gasteiger charge is -2.05. The molecule has 0 spiro atoms. The highest BCUT2D eigenvalue weighted by Crippen LogP contribution is 2.20. The molecule has 0 bridgehead atoms. The fraction of sp³-hybridized carbons (Fsp3) is 0.0833. The van der Waals surface area contributed by atoms with E-state index in [1.54, 1.807) is 12.1 Å². The van der Waals surface area contributed by atoms with Crippen molar-refractivity contribution >= 4 is 34.6 Å². The number of nitrogen functional groups attached to an aromatic ring is 1. The van der Waals surface area contributed by atoms with Gasteiger partial charge in [-0.1, -0.05) is 17.7 Å². The smallest absolute Gasteiger partial charge is 0.340 e. The first kappa shape index (κ1) is 12.0. The molecule has 0 radical (unpaired) electrons. The molecule has 0 aliphatic heterocycles. The maximum absolute atomic E-state index is 11.8. The monoisotopic (exact) mass is 267 g/mol. The number of halogens is 1. The fourth-order valence-corrected chi connectivity index (χ4v) is 2.12. The van der Waals surface area contributed by atoms with Crippen LogP contribution in [0.2, 0.25) is 5.02 Å². The summed E-state index contributed by atoms with van der Waals surface area (Å²) in [5.41, 5.74) is 6.37. The Morgan fingerprint density at radius 2 is 2.24 bits per heavy atom. The second-order valence-electron chi connectivity index (χ2n) is 3.39. The van der Waals surface area contributed by atoms with Gasteiger partial charge in [-0.25, -0.2) is 4.79 Å². The number of nitrogens with two attached hydrogens (primary N) is 1. The number of carbonyl (C=O) groups is 1. The van der Waals surface area contributed by atoms with Crippen molar-refractivity contribution in [3.05, 3.63) is 51.2 Å². The molecule has 0 unspecified atom stereocenters. The summed E-state index contributed by atoms with van der Waals surface area (Å²) in [6, 6.07) is 8.54. The predicted molar refractivity (Wildman–Crippen MR) is 69.3 cm³/mol. The summed E-state index contributed by atoms with van der Waals surface area (Å²) in [5.74, 6) is -0.462. The van der Waals surface area contributed by atoms with Crippen LogP contribution in [0.3, 0.4) is 0 Å². The highest BCUT2D eigenvalue weighted by atomic mass is 35.5. The molecular formula is C12H10ClNO2S. The number of esters is 1. The molecule has 2 aromatic rings. The van der Waals surface area contributed by atoms with E-state index in [1.165, 1.54) is 17.4 Å². The van der Waals surface area contributed by atoms with E-state index in [4.69, 9.17) is 22.1 Å². The van der Waals surface area contributed by atoms with Gasteiger partial charge in [0, 0.05) is 10.6 Å². The van der Waals surface area contributed by atoms with E-state index >= 15 is 0 Å². The number of thiophene rings is 1. The van der Waals surface area contributed by atoms with Crippen LogP contribution >= 0.6 is 22.9 Å². The molecule has 2 N–H and O–H groups in total. The molecule has 0 aliphatic carbocycles. The zero-order valence-electron chi connectivity index (χ0n) is 8.85. The molecule has 0 atom stereocenters. The third-order valence-electron chi connectivity index (χ3n) is 2.14. The molecule has 5 heteroatoms. The lowest BCUT2D eigenvalue weighted by atomic mass is 10.2. The minimum Gasteiger partial charge on any atom is -0.456 e. The van der Waals surface area contributed by atoms with Gasteiger partial charge in [-0.3, -0.25) is 0 Å². The SMILES string of the molecule is Nc1ccc(Cl)c(C(=O)OCc2cccs2)c1. The van der Waals surface area contributed by atoms with Gasteiger partial charge < -0.3 is 10.5 Å². The van der Waals surface area contributed by atoms with E-state index in [0.717, 1.165) is 4.88 Å². The molecular weight excluding hydrogens is 258 g/mol. The molecule has 3 nitrogen and oxygen atoms in total. The van der Waals surface area contributed by atoms with Crippen LogP contribution in [0.5, 0.6) is 0 Å². The third-order valence-corrected chi connectivity index (χ3v) is 3.32. The van der Waals surface area contributed by atoms with Crippen molar-refractivity contribution in [2.24, 2.45) is 0 Å². The summed E-state index contributed by atoms with van der Waals surface area (Å²) in [6.45, 7) is 0.252. The number of hydrogen-bond acceptors (Lipinski definition) is 4. The first-order chi connectivity index (χ1) is 8.16. The normalized spacial score (nSPS) is 10.2. The van der Waals surface area contributed by atoms with Crippen LogP contribution < -0.4 is 5.73 Å². The van der Waals surface area contributed by atoms with Crippen LogP contribution in [0.25, 0.3) is 0 Å². The fourth-order valence-electron chi connectivity index (χ4n) is 1.31. The number of carbonyl (C=O) groups excluding carboxylic acids is 1. The van der Waals surface area contributed by atoms with Crippen molar-refractivity contribution in [2.75, 3.05) is 5.73 Å². The predicted octanol–water partition coefficient (Wildman–Crippen LogP) is 3.34. The van der Waals surface area contributed by atoms with Crippen molar-refractivity contribution in [2.45, 2.75) is 6.61 Å².